The van der Waals surface area contributed by atoms with Crippen LogP contribution in [0.2, 0.25) is 51.4 Å². The predicted molar refractivity (Wildman–Crippen MR) is 278 cm³/mol. The second-order valence-electron chi connectivity index (χ2n) is 18.9. The van der Waals surface area contributed by atoms with Gasteiger partial charge in [-0.15, -0.1) is 12.8 Å². The van der Waals surface area contributed by atoms with E-state index >= 15 is 0 Å². The molecule has 0 aliphatic carbocycles. The van der Waals surface area contributed by atoms with E-state index in [-0.39, 0.29) is 36.4 Å². The van der Waals surface area contributed by atoms with Gasteiger partial charge >= 0.3 is 11.9 Å². The molecule has 0 saturated heterocycles. The van der Waals surface area contributed by atoms with Gasteiger partial charge in [-0.1, -0.05) is 69.0 Å². The van der Waals surface area contributed by atoms with Gasteiger partial charge in [-0.3, -0.25) is 0 Å². The zero-order chi connectivity index (χ0) is 51.9. The molecule has 16 heteroatoms. The number of benzene rings is 3. The Hall–Kier alpha value is -4.49. The highest BCUT2D eigenvalue weighted by Crippen LogP contribution is 2.20. The first kappa shape index (κ1) is 63.6. The average molecular weight is 1070 g/mol. The third kappa shape index (κ3) is 30.7. The quantitative estimate of drug-likeness (QED) is 0.0450. The Balaban J connectivity index is 0. The van der Waals surface area contributed by atoms with Crippen LogP contribution in [0.5, 0.6) is 0 Å². The van der Waals surface area contributed by atoms with Gasteiger partial charge in [0.25, 0.3) is 0 Å². The van der Waals surface area contributed by atoms with Crippen LogP contribution in [-0.4, -0.2) is 76.4 Å². The maximum Gasteiger partial charge on any atom is 0.332 e. The lowest BCUT2D eigenvalue weighted by Crippen LogP contribution is -2.28. The molecule has 7 N–H and O–H groups in total. The number of esters is 2. The average Bonchev–Trinajstić information content (AvgIpc) is 3.20. The first-order valence-corrected chi connectivity index (χ1v) is 29.5. The molecular formula is C50H73F3IN3O7Si2. The largest absolute Gasteiger partial charge is 0.464 e. The van der Waals surface area contributed by atoms with Gasteiger partial charge in [0.05, 0.1) is 18.8 Å². The van der Waals surface area contributed by atoms with E-state index in [0.29, 0.717) is 50.5 Å². The summed E-state index contributed by atoms with van der Waals surface area (Å²) < 4.78 is 61.1. The van der Waals surface area contributed by atoms with Gasteiger partial charge in [0.15, 0.2) is 0 Å². The van der Waals surface area contributed by atoms with Crippen LogP contribution in [0.3, 0.4) is 0 Å². The number of aliphatic hydroxyl groups is 1. The molecule has 0 saturated carbocycles. The molecular weight excluding hydrogens is 995 g/mol. The second kappa shape index (κ2) is 29.3. The summed E-state index contributed by atoms with van der Waals surface area (Å²) in [6, 6.07) is 13.1. The van der Waals surface area contributed by atoms with Crippen LogP contribution in [-0.2, 0) is 28.5 Å². The minimum absolute atomic E-state index is 0.0805. The Morgan fingerprint density at radius 3 is 1.45 bits per heavy atom. The molecule has 0 heterocycles. The minimum atomic E-state index is -1.23. The van der Waals surface area contributed by atoms with Crippen molar-refractivity contribution in [3.63, 3.8) is 0 Å². The lowest BCUT2D eigenvalue weighted by atomic mass is 10.1. The normalized spacial score (nSPS) is 11.1. The number of ether oxygens (including phenoxy) is 4. The molecule has 0 unspecified atom stereocenters. The number of anilines is 3. The van der Waals surface area contributed by atoms with Crippen molar-refractivity contribution in [1.82, 2.24) is 0 Å². The molecule has 366 valence electrons. The summed E-state index contributed by atoms with van der Waals surface area (Å²) in [7, 11) is -2.37. The van der Waals surface area contributed by atoms with Gasteiger partial charge < -0.3 is 41.3 Å². The summed E-state index contributed by atoms with van der Waals surface area (Å²) in [4.78, 5) is 23.0. The number of nitrogens with two attached hydrogens (primary N) is 3. The number of carbonyl (C=O) groups is 2. The van der Waals surface area contributed by atoms with Crippen molar-refractivity contribution in [2.75, 3.05) is 43.6 Å². The van der Waals surface area contributed by atoms with E-state index in [9.17, 15) is 22.8 Å². The molecule has 66 heavy (non-hydrogen) atoms. The summed E-state index contributed by atoms with van der Waals surface area (Å²) in [6.07, 6.45) is 10.0. The molecule has 0 fully saturated rings. The fraction of sp³-hybridized carbons (Fsp3) is 0.480. The Morgan fingerprint density at radius 2 is 1.08 bits per heavy atom. The van der Waals surface area contributed by atoms with E-state index in [1.165, 1.54) is 12.1 Å². The summed E-state index contributed by atoms with van der Waals surface area (Å²) in [5.74, 6) is 8.57. The Bertz CT molecular complexity index is 2130. The van der Waals surface area contributed by atoms with Crippen molar-refractivity contribution in [2.24, 2.45) is 0 Å². The zero-order valence-electron chi connectivity index (χ0n) is 41.6. The first-order chi connectivity index (χ1) is 30.0. The Kier molecular flexibility index (Phi) is 28.2. The van der Waals surface area contributed by atoms with Crippen molar-refractivity contribution >= 4 is 67.7 Å². The highest BCUT2D eigenvalue weighted by molar-refractivity contribution is 14.1. The number of rotatable bonds is 12. The van der Waals surface area contributed by atoms with Crippen molar-refractivity contribution in [3.05, 3.63) is 85.7 Å². The smallest absolute Gasteiger partial charge is 0.332 e. The van der Waals surface area contributed by atoms with Crippen LogP contribution in [0.25, 0.3) is 0 Å². The standard InChI is InChI=1S/C19H28FNO3Si.C12H22O3Si.C7H7FIN.C7H8FN.C5H8O/c1-14-16(21)8-7-15(18(14)20)9-10-19(2,3)24-13-17(22)23-11-12-25(4,5)6;1-7-12(2,3)15-10-11(13)14-8-9-16(4,5)6;1-4-6(10)3-2-5(9)7(4)8;1-5-6(8)3-2-4-7(5)9;1-4-5(2,3)6/h7-8H,11-13,21H2,1-6H3;1H,8-10H2,2-6H3;2-3H,10H2,1H3;2-4H,9H2,1H3;1,6H,2-3H3. The number of nitrogen functional groups attached to an aromatic ring is 3. The molecule has 3 aromatic rings. The van der Waals surface area contributed by atoms with Crippen LogP contribution in [0.15, 0.2) is 42.5 Å². The van der Waals surface area contributed by atoms with Gasteiger partial charge in [0.2, 0.25) is 0 Å². The predicted octanol–water partition coefficient (Wildman–Crippen LogP) is 10.5. The molecule has 0 aliphatic heterocycles. The molecule has 3 rings (SSSR count). The van der Waals surface area contributed by atoms with Crippen molar-refractivity contribution in [3.8, 4) is 36.5 Å². The minimum Gasteiger partial charge on any atom is -0.464 e. The van der Waals surface area contributed by atoms with Crippen LogP contribution < -0.4 is 17.2 Å². The third-order valence-electron chi connectivity index (χ3n) is 8.65. The van der Waals surface area contributed by atoms with Gasteiger partial charge in [-0.25, -0.2) is 22.8 Å². The van der Waals surface area contributed by atoms with Crippen molar-refractivity contribution in [1.29, 1.82) is 0 Å². The van der Waals surface area contributed by atoms with E-state index in [1.54, 1.807) is 92.6 Å². The third-order valence-corrected chi connectivity index (χ3v) is 12.9. The number of hydrogen-bond donors (Lipinski definition) is 4. The molecule has 0 radical (unpaired) electrons. The fourth-order valence-corrected chi connectivity index (χ4v) is 5.90. The van der Waals surface area contributed by atoms with Crippen LogP contribution in [0.1, 0.15) is 63.8 Å². The SMILES string of the molecule is C#CC(C)(C)O.C#CC(C)(C)OCC(=O)OCC[Si](C)(C)C.Cc1c(N)ccc(C#CC(C)(C)OCC(=O)OCC[Si](C)(C)C)c1F.Cc1c(N)ccc(I)c1F.Cc1c(N)cccc1F. The molecule has 0 aliphatic rings. The van der Waals surface area contributed by atoms with Gasteiger partial charge in [-0.2, -0.15) is 0 Å². The zero-order valence-corrected chi connectivity index (χ0v) is 45.7. The molecule has 3 aromatic carbocycles. The van der Waals surface area contributed by atoms with Gasteiger partial charge in [-0.05, 0) is 133 Å². The summed E-state index contributed by atoms with van der Waals surface area (Å²) in [5, 5.41) is 8.59. The topological polar surface area (TPSA) is 169 Å². The van der Waals surface area contributed by atoms with Crippen LogP contribution in [0.4, 0.5) is 30.2 Å². The van der Waals surface area contributed by atoms with Gasteiger partial charge in [0.1, 0.15) is 47.5 Å². The number of terminal acetylenes is 2. The van der Waals surface area contributed by atoms with E-state index in [2.05, 4.69) is 63.0 Å². The second-order valence-corrected chi connectivity index (χ2v) is 31.3. The number of halogens is 4. The van der Waals surface area contributed by atoms with Crippen molar-refractivity contribution in [2.45, 2.75) is 130 Å². The maximum absolute atomic E-state index is 14.1. The van der Waals surface area contributed by atoms with E-state index in [0.717, 1.165) is 12.1 Å². The summed E-state index contributed by atoms with van der Waals surface area (Å²) in [6.45, 7) is 29.0. The monoisotopic (exact) mass is 1070 g/mol. The molecule has 0 bridgehead atoms. The Labute approximate surface area is 408 Å². The number of hydrogen-bond acceptors (Lipinski definition) is 10. The maximum atomic E-state index is 14.1. The molecule has 0 aromatic heterocycles. The van der Waals surface area contributed by atoms with E-state index in [4.69, 9.17) is 54.1 Å². The van der Waals surface area contributed by atoms with Gasteiger partial charge in [0, 0.05) is 53.5 Å². The van der Waals surface area contributed by atoms with E-state index < -0.39 is 44.7 Å². The van der Waals surface area contributed by atoms with Crippen LogP contribution in [0, 0.1) is 78.3 Å². The summed E-state index contributed by atoms with van der Waals surface area (Å²) in [5.41, 5.74) is 17.0. The van der Waals surface area contributed by atoms with Crippen molar-refractivity contribution < 1.29 is 46.8 Å². The molecule has 0 spiro atoms. The highest BCUT2D eigenvalue weighted by atomic mass is 127. The highest BCUT2D eigenvalue weighted by Gasteiger charge is 2.20. The van der Waals surface area contributed by atoms with Crippen LogP contribution >= 0.6 is 22.6 Å². The van der Waals surface area contributed by atoms with E-state index in [1.807, 2.05) is 22.6 Å². The first-order valence-electron chi connectivity index (χ1n) is 21.0. The molecule has 10 nitrogen and oxygen atoms in total. The Morgan fingerprint density at radius 1 is 0.667 bits per heavy atom. The lowest BCUT2D eigenvalue weighted by molar-refractivity contribution is -0.152. The lowest BCUT2D eigenvalue weighted by Gasteiger charge is -2.19. The number of carbonyl (C=O) groups excluding carboxylic acids is 2. The summed E-state index contributed by atoms with van der Waals surface area (Å²) >= 11 is 1.94. The fourth-order valence-electron chi connectivity index (χ4n) is 3.89. The molecule has 0 amide bonds. The molecule has 0 atom stereocenters.